The van der Waals surface area contributed by atoms with Crippen LogP contribution in [0, 0.1) is 5.82 Å². The van der Waals surface area contributed by atoms with Gasteiger partial charge in [-0.25, -0.2) is 4.39 Å². The van der Waals surface area contributed by atoms with Crippen LogP contribution in [0.5, 0.6) is 5.75 Å². The van der Waals surface area contributed by atoms with E-state index >= 15 is 0 Å². The Morgan fingerprint density at radius 3 is 2.36 bits per heavy atom. The monoisotopic (exact) mass is 340 g/mol. The van der Waals surface area contributed by atoms with Crippen LogP contribution in [0.25, 0.3) is 0 Å². The van der Waals surface area contributed by atoms with Crippen molar-refractivity contribution in [1.29, 1.82) is 0 Å². The molecule has 0 aliphatic rings. The highest BCUT2D eigenvalue weighted by Gasteiger charge is 2.24. The molecule has 0 saturated carbocycles. The molecule has 0 unspecified atom stereocenters. The number of hydrogen-bond donors (Lipinski definition) is 3. The molecule has 0 amide bonds. The van der Waals surface area contributed by atoms with Gasteiger partial charge < -0.3 is 15.7 Å². The summed E-state index contributed by atoms with van der Waals surface area (Å²) in [5, 5.41) is 15.6. The Morgan fingerprint density at radius 2 is 1.72 bits per heavy atom. The minimum absolute atomic E-state index is 0.0706. The van der Waals surface area contributed by atoms with Gasteiger partial charge in [0.15, 0.2) is 0 Å². The molecule has 25 heavy (non-hydrogen) atoms. The van der Waals surface area contributed by atoms with E-state index in [0.717, 1.165) is 17.7 Å². The predicted octanol–water partition coefficient (Wildman–Crippen LogP) is 3.43. The Labute approximate surface area is 143 Å². The fourth-order valence-electron chi connectivity index (χ4n) is 2.67. The van der Waals surface area contributed by atoms with Crippen LogP contribution < -0.4 is 21.5 Å². The van der Waals surface area contributed by atoms with Crippen LogP contribution in [0.3, 0.4) is 0 Å². The molecular formula is C19H17FN2O3. The number of rotatable bonds is 6. The van der Waals surface area contributed by atoms with Gasteiger partial charge in [0.05, 0.1) is 11.7 Å². The van der Waals surface area contributed by atoms with Crippen molar-refractivity contribution in [3.8, 4) is 5.75 Å². The molecule has 3 rings (SSSR count). The van der Waals surface area contributed by atoms with Crippen molar-refractivity contribution in [1.82, 2.24) is 0 Å². The number of hydrogen-bond acceptors (Lipinski definition) is 5. The van der Waals surface area contributed by atoms with Crippen LogP contribution in [0.4, 0.5) is 21.5 Å². The van der Waals surface area contributed by atoms with E-state index in [-0.39, 0.29) is 28.9 Å². The maximum absolute atomic E-state index is 13.1. The van der Waals surface area contributed by atoms with Crippen molar-refractivity contribution in [3.63, 3.8) is 0 Å². The Hall–Kier alpha value is -3.15. The van der Waals surface area contributed by atoms with E-state index in [1.165, 1.54) is 6.07 Å². The predicted molar refractivity (Wildman–Crippen MR) is 95.8 cm³/mol. The van der Waals surface area contributed by atoms with Gasteiger partial charge in [0.1, 0.15) is 22.9 Å². The van der Waals surface area contributed by atoms with E-state index in [1.54, 1.807) is 0 Å². The lowest BCUT2D eigenvalue weighted by atomic mass is 10.0. The first-order valence-corrected chi connectivity index (χ1v) is 7.91. The lowest BCUT2D eigenvalue weighted by Gasteiger charge is -2.22. The molecule has 128 valence electrons. The SMILES string of the molecule is CC[C@@H](Nc1c(Nc2ccc(F)cc2O)c(=O)c1=O)c1ccccc1. The maximum atomic E-state index is 13.1. The van der Waals surface area contributed by atoms with Gasteiger partial charge in [0, 0.05) is 6.07 Å². The summed E-state index contributed by atoms with van der Waals surface area (Å²) in [7, 11) is 0. The van der Waals surface area contributed by atoms with Gasteiger partial charge in [0.2, 0.25) is 0 Å². The molecule has 5 nitrogen and oxygen atoms in total. The second-order valence-electron chi connectivity index (χ2n) is 5.71. The Balaban J connectivity index is 1.87. The second-order valence-corrected chi connectivity index (χ2v) is 5.71. The van der Waals surface area contributed by atoms with Crippen LogP contribution in [0.2, 0.25) is 0 Å². The largest absolute Gasteiger partial charge is 0.506 e. The zero-order valence-corrected chi connectivity index (χ0v) is 13.5. The average Bonchev–Trinajstić information content (AvgIpc) is 2.63. The number of phenolic OH excluding ortho intramolecular Hbond substituents is 1. The quantitative estimate of drug-likeness (QED) is 0.473. The highest BCUT2D eigenvalue weighted by molar-refractivity contribution is 5.80. The molecule has 3 N–H and O–H groups in total. The van der Waals surface area contributed by atoms with Crippen molar-refractivity contribution in [2.75, 3.05) is 10.6 Å². The standard InChI is InChI=1S/C19H17FN2O3/c1-2-13(11-6-4-3-5-7-11)21-16-17(19(25)18(16)24)22-14-9-8-12(20)10-15(14)23/h3-10,13,21-23H,2H2,1H3/t13-/m1/s1. The molecule has 1 atom stereocenters. The van der Waals surface area contributed by atoms with Gasteiger partial charge >= 0.3 is 0 Å². The molecule has 3 aromatic rings. The number of nitrogens with one attached hydrogen (secondary N) is 2. The lowest BCUT2D eigenvalue weighted by molar-refractivity contribution is 0.471. The third-order valence-electron chi connectivity index (χ3n) is 4.06. The van der Waals surface area contributed by atoms with Gasteiger partial charge in [-0.1, -0.05) is 37.3 Å². The maximum Gasteiger partial charge on any atom is 0.253 e. The molecule has 3 aromatic carbocycles. The van der Waals surface area contributed by atoms with E-state index < -0.39 is 16.7 Å². The Kier molecular flexibility index (Phi) is 4.52. The minimum atomic E-state index is -0.672. The van der Waals surface area contributed by atoms with Crippen LogP contribution in [0.1, 0.15) is 24.9 Å². The summed E-state index contributed by atoms with van der Waals surface area (Å²) in [5.41, 5.74) is 0.108. The molecule has 0 spiro atoms. The molecule has 0 saturated heterocycles. The Bertz CT molecular complexity index is 963. The molecule has 0 aromatic heterocycles. The molecule has 0 bridgehead atoms. The van der Waals surface area contributed by atoms with Gasteiger partial charge in [-0.15, -0.1) is 0 Å². The zero-order valence-electron chi connectivity index (χ0n) is 13.5. The highest BCUT2D eigenvalue weighted by atomic mass is 19.1. The first kappa shape index (κ1) is 16.7. The minimum Gasteiger partial charge on any atom is -0.506 e. The molecule has 0 heterocycles. The van der Waals surface area contributed by atoms with Crippen molar-refractivity contribution >= 4 is 17.1 Å². The van der Waals surface area contributed by atoms with Gasteiger partial charge in [0.25, 0.3) is 10.9 Å². The third-order valence-corrected chi connectivity index (χ3v) is 4.06. The lowest BCUT2D eigenvalue weighted by Crippen LogP contribution is -2.37. The zero-order chi connectivity index (χ0) is 18.0. The number of anilines is 3. The third kappa shape index (κ3) is 3.24. The topological polar surface area (TPSA) is 78.4 Å². The second kappa shape index (κ2) is 6.76. The summed E-state index contributed by atoms with van der Waals surface area (Å²) in [4.78, 5) is 23.8. The summed E-state index contributed by atoms with van der Waals surface area (Å²) in [6, 6.07) is 12.8. The van der Waals surface area contributed by atoms with Gasteiger partial charge in [-0.3, -0.25) is 9.59 Å². The van der Waals surface area contributed by atoms with E-state index in [0.29, 0.717) is 6.42 Å². The van der Waals surface area contributed by atoms with E-state index in [9.17, 15) is 19.1 Å². The fourth-order valence-corrected chi connectivity index (χ4v) is 2.67. The smallest absolute Gasteiger partial charge is 0.253 e. The summed E-state index contributed by atoms with van der Waals surface area (Å²) < 4.78 is 13.1. The van der Waals surface area contributed by atoms with Crippen molar-refractivity contribution < 1.29 is 9.50 Å². The van der Waals surface area contributed by atoms with Crippen molar-refractivity contribution in [2.24, 2.45) is 0 Å². The summed E-state index contributed by atoms with van der Waals surface area (Å²) >= 11 is 0. The number of phenols is 1. The summed E-state index contributed by atoms with van der Waals surface area (Å²) in [6.07, 6.45) is 0.712. The first-order valence-electron chi connectivity index (χ1n) is 7.91. The van der Waals surface area contributed by atoms with E-state index in [4.69, 9.17) is 0 Å². The average molecular weight is 340 g/mol. The first-order chi connectivity index (χ1) is 12.0. The molecule has 0 fully saturated rings. The Morgan fingerprint density at radius 1 is 1.04 bits per heavy atom. The van der Waals surface area contributed by atoms with Crippen molar-refractivity contribution in [3.05, 3.63) is 80.4 Å². The fraction of sp³-hybridized carbons (Fsp3) is 0.158. The van der Waals surface area contributed by atoms with Crippen LogP contribution in [-0.4, -0.2) is 5.11 Å². The number of aromatic hydroxyl groups is 1. The van der Waals surface area contributed by atoms with Gasteiger partial charge in [-0.2, -0.15) is 0 Å². The number of benzene rings is 2. The van der Waals surface area contributed by atoms with E-state index in [1.807, 2.05) is 37.3 Å². The molecule has 0 aliphatic carbocycles. The molecule has 6 heteroatoms. The normalized spacial score (nSPS) is 12.1. The molecule has 0 aliphatic heterocycles. The highest BCUT2D eigenvalue weighted by Crippen LogP contribution is 2.30. The van der Waals surface area contributed by atoms with Crippen LogP contribution in [-0.2, 0) is 0 Å². The number of halogens is 1. The van der Waals surface area contributed by atoms with Crippen LogP contribution >= 0.6 is 0 Å². The summed E-state index contributed by atoms with van der Waals surface area (Å²) in [6.45, 7) is 1.97. The van der Waals surface area contributed by atoms with Crippen molar-refractivity contribution in [2.45, 2.75) is 19.4 Å². The van der Waals surface area contributed by atoms with E-state index in [2.05, 4.69) is 10.6 Å². The van der Waals surface area contributed by atoms with Gasteiger partial charge in [-0.05, 0) is 24.1 Å². The molecule has 0 radical (unpaired) electrons. The molecular weight excluding hydrogens is 323 g/mol. The summed E-state index contributed by atoms with van der Waals surface area (Å²) in [5.74, 6) is -0.935. The van der Waals surface area contributed by atoms with Crippen LogP contribution in [0.15, 0.2) is 58.1 Å².